The molecule has 1 aromatic carbocycles. The molecule has 0 saturated carbocycles. The number of likely N-dealkylation sites (tertiary alicyclic amines) is 1. The van der Waals surface area contributed by atoms with Gasteiger partial charge in [0, 0.05) is 24.7 Å². The second-order valence-electron chi connectivity index (χ2n) is 7.48. The summed E-state index contributed by atoms with van der Waals surface area (Å²) >= 11 is 0. The zero-order valence-corrected chi connectivity index (χ0v) is 16.3. The highest BCUT2D eigenvalue weighted by atomic mass is 19.1. The van der Waals surface area contributed by atoms with Crippen molar-refractivity contribution < 1.29 is 19.0 Å². The molecular weight excluding hydrogens is 363 g/mol. The zero-order valence-electron chi connectivity index (χ0n) is 16.3. The van der Waals surface area contributed by atoms with Crippen LogP contribution in [0.15, 0.2) is 24.3 Å². The minimum atomic E-state index is -1.59. The smallest absolute Gasteiger partial charge is 0.272 e. The lowest BCUT2D eigenvalue weighted by Gasteiger charge is -2.43. The first-order valence-corrected chi connectivity index (χ1v) is 9.42. The normalized spacial score (nSPS) is 22.3. The van der Waals surface area contributed by atoms with Crippen LogP contribution in [0.1, 0.15) is 41.2 Å². The molecule has 150 valence electrons. The number of ether oxygens (including phenoxy) is 1. The van der Waals surface area contributed by atoms with Crippen LogP contribution in [0.25, 0.3) is 0 Å². The number of hydrogen-bond acceptors (Lipinski definition) is 5. The molecular formula is C20H25FN4O3. The predicted octanol–water partition coefficient (Wildman–Crippen LogP) is 2.60. The van der Waals surface area contributed by atoms with E-state index in [0.29, 0.717) is 43.4 Å². The maximum atomic E-state index is 14.2. The van der Waals surface area contributed by atoms with E-state index in [9.17, 15) is 14.3 Å². The molecule has 1 saturated heterocycles. The van der Waals surface area contributed by atoms with Crippen molar-refractivity contribution in [1.82, 2.24) is 15.2 Å². The number of aliphatic hydroxyl groups is 1. The highest BCUT2D eigenvalue weighted by Crippen LogP contribution is 2.39. The van der Waals surface area contributed by atoms with Gasteiger partial charge in [0.25, 0.3) is 5.91 Å². The quantitative estimate of drug-likeness (QED) is 0.554. The number of aliphatic hydroxyl groups excluding tert-OH is 1. The molecule has 1 amide bonds. The van der Waals surface area contributed by atoms with Gasteiger partial charge in [-0.15, -0.1) is 0 Å². The Hall–Kier alpha value is -2.58. The van der Waals surface area contributed by atoms with Gasteiger partial charge in [0.15, 0.2) is 17.4 Å². The van der Waals surface area contributed by atoms with Crippen LogP contribution >= 0.6 is 0 Å². The van der Waals surface area contributed by atoms with Crippen molar-refractivity contribution in [3.8, 4) is 5.75 Å². The topological polar surface area (TPSA) is 80.8 Å². The second kappa shape index (κ2) is 6.79. The molecule has 0 bridgehead atoms. The molecule has 8 heteroatoms. The first-order valence-electron chi connectivity index (χ1n) is 9.42. The molecule has 2 atom stereocenters. The number of amides is 1. The van der Waals surface area contributed by atoms with Crippen molar-refractivity contribution in [3.63, 3.8) is 0 Å². The number of carbonyl (C=O) groups is 1. The van der Waals surface area contributed by atoms with E-state index in [1.54, 1.807) is 13.1 Å². The van der Waals surface area contributed by atoms with E-state index in [4.69, 9.17) is 4.74 Å². The average Bonchev–Trinajstić information content (AvgIpc) is 3.11. The Morgan fingerprint density at radius 3 is 2.79 bits per heavy atom. The molecule has 1 aromatic heterocycles. The largest absolute Gasteiger partial charge is 0.488 e. The molecule has 0 radical (unpaired) electrons. The molecule has 4 rings (SSSR count). The van der Waals surface area contributed by atoms with Gasteiger partial charge in [-0.3, -0.25) is 10.1 Å². The summed E-state index contributed by atoms with van der Waals surface area (Å²) in [4.78, 5) is 19.0. The predicted molar refractivity (Wildman–Crippen MR) is 104 cm³/mol. The fourth-order valence-electron chi connectivity index (χ4n) is 3.75. The van der Waals surface area contributed by atoms with Crippen LogP contribution in [0, 0.1) is 6.92 Å². The first kappa shape index (κ1) is 18.8. The lowest BCUT2D eigenvalue weighted by molar-refractivity contribution is -0.0772. The van der Waals surface area contributed by atoms with Crippen molar-refractivity contribution >= 4 is 17.4 Å². The van der Waals surface area contributed by atoms with Gasteiger partial charge < -0.3 is 24.6 Å². The standard InChI is InChI=1S/C20H25FN4O3/c1-12-10-13(4-5-14(12)18(26)22-3)24-8-9-28-16-11-15(23-17(16)24)19(27)25-7-6-20(25,2)21/h4-5,10-11,18,22-23,26H,6-9H2,1-3H3. The van der Waals surface area contributed by atoms with Gasteiger partial charge in [-0.25, -0.2) is 4.39 Å². The SMILES string of the molecule is CNC(O)c1ccc(N2CCOc3cc(C(=O)N4CCC4(C)F)[nH]c32)cc1C. The number of H-pyrrole nitrogens is 1. The van der Waals surface area contributed by atoms with Crippen molar-refractivity contribution in [2.24, 2.45) is 0 Å². The van der Waals surface area contributed by atoms with Gasteiger partial charge >= 0.3 is 0 Å². The lowest BCUT2D eigenvalue weighted by atomic mass is 10.0. The molecule has 2 aromatic rings. The molecule has 1 fully saturated rings. The first-order chi connectivity index (χ1) is 13.3. The summed E-state index contributed by atoms with van der Waals surface area (Å²) in [6, 6.07) is 7.44. The molecule has 3 heterocycles. The summed E-state index contributed by atoms with van der Waals surface area (Å²) in [5.74, 6) is -0.702. The summed E-state index contributed by atoms with van der Waals surface area (Å²) < 4.78 is 19.9. The number of benzene rings is 1. The van der Waals surface area contributed by atoms with Crippen molar-refractivity contribution in [2.45, 2.75) is 32.3 Å². The summed E-state index contributed by atoms with van der Waals surface area (Å²) in [5, 5.41) is 12.9. The summed E-state index contributed by atoms with van der Waals surface area (Å²) in [5.41, 5.74) is 3.00. The van der Waals surface area contributed by atoms with Gasteiger partial charge in [0.2, 0.25) is 0 Å². The number of nitrogens with one attached hydrogen (secondary N) is 2. The third kappa shape index (κ3) is 3.02. The fraction of sp³-hybridized carbons (Fsp3) is 0.450. The van der Waals surface area contributed by atoms with E-state index in [0.717, 1.165) is 16.8 Å². The summed E-state index contributed by atoms with van der Waals surface area (Å²) in [6.07, 6.45) is -0.373. The maximum absolute atomic E-state index is 14.2. The number of anilines is 2. The van der Waals surface area contributed by atoms with E-state index in [-0.39, 0.29) is 5.91 Å². The van der Waals surface area contributed by atoms with E-state index in [1.165, 1.54) is 11.8 Å². The Morgan fingerprint density at radius 2 is 2.18 bits per heavy atom. The van der Waals surface area contributed by atoms with Gasteiger partial charge in [0.1, 0.15) is 18.5 Å². The Bertz CT molecular complexity index is 911. The monoisotopic (exact) mass is 388 g/mol. The zero-order chi connectivity index (χ0) is 20.1. The highest BCUT2D eigenvalue weighted by molar-refractivity contribution is 5.95. The number of rotatable bonds is 4. The number of aromatic amines is 1. The van der Waals surface area contributed by atoms with Crippen LogP contribution in [0.2, 0.25) is 0 Å². The van der Waals surface area contributed by atoms with E-state index in [2.05, 4.69) is 10.3 Å². The van der Waals surface area contributed by atoms with Crippen LogP contribution < -0.4 is 15.0 Å². The summed E-state index contributed by atoms with van der Waals surface area (Å²) in [6.45, 7) is 4.86. The van der Waals surface area contributed by atoms with Gasteiger partial charge in [-0.05, 0) is 44.2 Å². The van der Waals surface area contributed by atoms with Crippen molar-refractivity contribution in [3.05, 3.63) is 41.1 Å². The number of alkyl halides is 1. The Labute approximate surface area is 163 Å². The molecule has 3 N–H and O–H groups in total. The maximum Gasteiger partial charge on any atom is 0.272 e. The lowest BCUT2D eigenvalue weighted by Crippen LogP contribution is -2.57. The average molecular weight is 388 g/mol. The van der Waals surface area contributed by atoms with Gasteiger partial charge in [-0.1, -0.05) is 6.07 Å². The third-order valence-electron chi connectivity index (χ3n) is 5.57. The van der Waals surface area contributed by atoms with Crippen LogP contribution in [-0.2, 0) is 0 Å². The number of carbonyl (C=O) groups excluding carboxylic acids is 1. The number of hydrogen-bond donors (Lipinski definition) is 3. The minimum absolute atomic E-state index is 0.319. The number of aryl methyl sites for hydroxylation is 1. The Balaban J connectivity index is 1.64. The molecule has 0 aliphatic carbocycles. The Morgan fingerprint density at radius 1 is 1.39 bits per heavy atom. The molecule has 2 unspecified atom stereocenters. The van der Waals surface area contributed by atoms with E-state index < -0.39 is 12.0 Å². The molecule has 28 heavy (non-hydrogen) atoms. The molecule has 2 aliphatic rings. The third-order valence-corrected chi connectivity index (χ3v) is 5.57. The molecule has 0 spiro atoms. The van der Waals surface area contributed by atoms with Crippen molar-refractivity contribution in [2.75, 3.05) is 31.6 Å². The number of fused-ring (bicyclic) bond motifs is 1. The highest BCUT2D eigenvalue weighted by Gasteiger charge is 2.45. The number of nitrogens with zero attached hydrogens (tertiary/aromatic N) is 2. The van der Waals surface area contributed by atoms with Crippen LogP contribution in [0.5, 0.6) is 5.75 Å². The van der Waals surface area contributed by atoms with E-state index in [1.807, 2.05) is 30.0 Å². The van der Waals surface area contributed by atoms with Crippen LogP contribution in [0.4, 0.5) is 15.9 Å². The summed E-state index contributed by atoms with van der Waals surface area (Å²) in [7, 11) is 1.70. The van der Waals surface area contributed by atoms with Gasteiger partial charge in [0.05, 0.1) is 6.54 Å². The molecule has 7 nitrogen and oxygen atoms in total. The second-order valence-corrected chi connectivity index (χ2v) is 7.48. The van der Waals surface area contributed by atoms with Crippen LogP contribution in [-0.4, -0.2) is 53.4 Å². The number of halogens is 1. The van der Waals surface area contributed by atoms with Crippen molar-refractivity contribution in [1.29, 1.82) is 0 Å². The van der Waals surface area contributed by atoms with E-state index >= 15 is 0 Å². The van der Waals surface area contributed by atoms with Crippen LogP contribution in [0.3, 0.4) is 0 Å². The minimum Gasteiger partial charge on any atom is -0.488 e. The fourth-order valence-corrected chi connectivity index (χ4v) is 3.75. The molecule has 2 aliphatic heterocycles. The van der Waals surface area contributed by atoms with Gasteiger partial charge in [-0.2, -0.15) is 0 Å². The Kier molecular flexibility index (Phi) is 4.55. The number of aromatic nitrogens is 1.